The van der Waals surface area contributed by atoms with Gasteiger partial charge in [0.15, 0.2) is 0 Å². The van der Waals surface area contributed by atoms with Gasteiger partial charge in [0, 0.05) is 24.4 Å². The van der Waals surface area contributed by atoms with Crippen molar-refractivity contribution in [2.75, 3.05) is 18.5 Å². The molecule has 0 spiro atoms. The largest absolute Gasteiger partial charge is 0.449 e. The van der Waals surface area contributed by atoms with Crippen LogP contribution in [0.1, 0.15) is 34.6 Å². The molecule has 3 aromatic rings. The van der Waals surface area contributed by atoms with Gasteiger partial charge in [0.05, 0.1) is 12.1 Å². The maximum Gasteiger partial charge on any atom is 0.407 e. The first kappa shape index (κ1) is 19.9. The van der Waals surface area contributed by atoms with Crippen LogP contribution in [0.15, 0.2) is 66.7 Å². The van der Waals surface area contributed by atoms with Gasteiger partial charge in [0.1, 0.15) is 6.61 Å². The lowest BCUT2D eigenvalue weighted by Gasteiger charge is -2.14. The van der Waals surface area contributed by atoms with E-state index in [0.29, 0.717) is 26.0 Å². The first-order valence-electron chi connectivity index (χ1n) is 10.7. The van der Waals surface area contributed by atoms with Crippen LogP contribution in [-0.4, -0.2) is 25.2 Å². The second-order valence-corrected chi connectivity index (χ2v) is 7.87. The first-order chi connectivity index (χ1) is 15.7. The average molecular weight is 422 g/mol. The van der Waals surface area contributed by atoms with Gasteiger partial charge >= 0.3 is 6.09 Å². The van der Waals surface area contributed by atoms with Crippen LogP contribution in [0, 0.1) is 11.8 Å². The van der Waals surface area contributed by atoms with Crippen molar-refractivity contribution in [1.29, 1.82) is 0 Å². The number of amides is 2. The molecule has 0 unspecified atom stereocenters. The topological polar surface area (TPSA) is 67.4 Å². The number of fused-ring (bicyclic) bond motifs is 4. The smallest absolute Gasteiger partial charge is 0.407 e. The Labute approximate surface area is 186 Å². The zero-order valence-corrected chi connectivity index (χ0v) is 17.5. The van der Waals surface area contributed by atoms with Gasteiger partial charge in [-0.15, -0.1) is 0 Å². The van der Waals surface area contributed by atoms with Crippen molar-refractivity contribution in [2.24, 2.45) is 0 Å². The molecule has 32 heavy (non-hydrogen) atoms. The zero-order valence-electron chi connectivity index (χ0n) is 17.5. The van der Waals surface area contributed by atoms with E-state index in [9.17, 15) is 9.59 Å². The molecule has 1 heterocycles. The van der Waals surface area contributed by atoms with E-state index in [1.54, 1.807) is 0 Å². The molecule has 3 aromatic carbocycles. The summed E-state index contributed by atoms with van der Waals surface area (Å²) in [6.07, 6.45) is 0.442. The third kappa shape index (κ3) is 3.83. The molecule has 5 heteroatoms. The lowest BCUT2D eigenvalue weighted by Crippen LogP contribution is -2.26. The highest BCUT2D eigenvalue weighted by Gasteiger charge is 2.28. The fourth-order valence-electron chi connectivity index (χ4n) is 4.39. The summed E-state index contributed by atoms with van der Waals surface area (Å²) < 4.78 is 5.53. The van der Waals surface area contributed by atoms with Gasteiger partial charge in [-0.1, -0.05) is 72.5 Å². The lowest BCUT2D eigenvalue weighted by molar-refractivity contribution is -0.115. The monoisotopic (exact) mass is 422 g/mol. The number of alkyl carbamates (subject to hydrolysis) is 1. The van der Waals surface area contributed by atoms with Crippen LogP contribution in [-0.2, 0) is 16.0 Å². The van der Waals surface area contributed by atoms with Gasteiger partial charge in [0.2, 0.25) is 5.91 Å². The van der Waals surface area contributed by atoms with Crippen molar-refractivity contribution in [3.05, 3.63) is 89.0 Å². The van der Waals surface area contributed by atoms with Crippen LogP contribution >= 0.6 is 0 Å². The molecule has 2 amide bonds. The Kier molecular flexibility index (Phi) is 5.35. The number of carbonyl (C=O) groups is 2. The van der Waals surface area contributed by atoms with E-state index in [1.165, 1.54) is 22.3 Å². The Balaban J connectivity index is 1.14. The SMILES string of the molecule is O=C1Cc2cccc(C#CCCNC(=O)OCC3c4ccccc4-c4ccccc43)c2N1. The third-order valence-electron chi connectivity index (χ3n) is 5.85. The Bertz CT molecular complexity index is 1220. The van der Waals surface area contributed by atoms with E-state index in [1.807, 2.05) is 42.5 Å². The van der Waals surface area contributed by atoms with Gasteiger partial charge in [-0.2, -0.15) is 0 Å². The van der Waals surface area contributed by atoms with Gasteiger partial charge in [0.25, 0.3) is 0 Å². The summed E-state index contributed by atoms with van der Waals surface area (Å²) >= 11 is 0. The normalized spacial score (nSPS) is 13.3. The number of hydrogen-bond acceptors (Lipinski definition) is 3. The maximum atomic E-state index is 12.2. The minimum atomic E-state index is -0.443. The standard InChI is InChI=1S/C27H22N2O3/c30-25-16-19-10-7-9-18(26(19)29-25)8-5-6-15-28-27(31)32-17-24-22-13-3-1-11-20(22)21-12-2-4-14-23(21)24/h1-4,7,9-14,24H,6,15-17H2,(H,28,31)(H,29,30). The van der Waals surface area contributed by atoms with E-state index >= 15 is 0 Å². The van der Waals surface area contributed by atoms with Crippen LogP contribution in [0.25, 0.3) is 11.1 Å². The molecule has 1 aliphatic heterocycles. The molecule has 2 N–H and O–H groups in total. The van der Waals surface area contributed by atoms with Crippen LogP contribution in [0.3, 0.4) is 0 Å². The summed E-state index contributed by atoms with van der Waals surface area (Å²) in [5.74, 6) is 6.17. The Morgan fingerprint density at radius 3 is 2.47 bits per heavy atom. The molecule has 158 valence electrons. The van der Waals surface area contributed by atoms with Crippen molar-refractivity contribution in [1.82, 2.24) is 5.32 Å². The van der Waals surface area contributed by atoms with Crippen LogP contribution in [0.5, 0.6) is 0 Å². The fourth-order valence-corrected chi connectivity index (χ4v) is 4.39. The van der Waals surface area contributed by atoms with E-state index in [0.717, 1.165) is 16.8 Å². The molecule has 0 saturated heterocycles. The minimum Gasteiger partial charge on any atom is -0.449 e. The minimum absolute atomic E-state index is 0.00817. The molecule has 5 nitrogen and oxygen atoms in total. The highest BCUT2D eigenvalue weighted by atomic mass is 16.5. The quantitative estimate of drug-likeness (QED) is 0.482. The van der Waals surface area contributed by atoms with E-state index in [4.69, 9.17) is 4.74 Å². The predicted molar refractivity (Wildman–Crippen MR) is 123 cm³/mol. The van der Waals surface area contributed by atoms with Gasteiger partial charge in [-0.3, -0.25) is 4.79 Å². The molecule has 1 aliphatic carbocycles. The molecular weight excluding hydrogens is 400 g/mol. The molecule has 5 rings (SSSR count). The summed E-state index contributed by atoms with van der Waals surface area (Å²) in [7, 11) is 0. The van der Waals surface area contributed by atoms with Crippen molar-refractivity contribution in [3.8, 4) is 23.0 Å². The summed E-state index contributed by atoms with van der Waals surface area (Å²) in [6.45, 7) is 0.687. The molecule has 0 radical (unpaired) electrons. The summed E-state index contributed by atoms with van der Waals surface area (Å²) in [5, 5.41) is 5.62. The number of hydrogen-bond donors (Lipinski definition) is 2. The second-order valence-electron chi connectivity index (χ2n) is 7.87. The van der Waals surface area contributed by atoms with Gasteiger partial charge in [-0.05, 0) is 33.9 Å². The molecule has 0 fully saturated rings. The zero-order chi connectivity index (χ0) is 21.9. The van der Waals surface area contributed by atoms with Crippen LogP contribution in [0.2, 0.25) is 0 Å². The van der Waals surface area contributed by atoms with E-state index in [2.05, 4.69) is 46.7 Å². The second kappa shape index (κ2) is 8.60. The number of ether oxygens (including phenoxy) is 1. The maximum absolute atomic E-state index is 12.2. The Morgan fingerprint density at radius 2 is 1.72 bits per heavy atom. The molecule has 0 saturated carbocycles. The molecule has 0 bridgehead atoms. The highest BCUT2D eigenvalue weighted by Crippen LogP contribution is 2.44. The van der Waals surface area contributed by atoms with E-state index < -0.39 is 6.09 Å². The number of rotatable bonds is 4. The summed E-state index contributed by atoms with van der Waals surface area (Å²) in [4.78, 5) is 23.8. The number of nitrogens with one attached hydrogen (secondary N) is 2. The molecule has 2 aliphatic rings. The van der Waals surface area contributed by atoms with Gasteiger partial charge in [-0.25, -0.2) is 4.79 Å². The first-order valence-corrected chi connectivity index (χ1v) is 10.7. The number of benzene rings is 3. The fraction of sp³-hybridized carbons (Fsp3) is 0.185. The van der Waals surface area contributed by atoms with Gasteiger partial charge < -0.3 is 15.4 Å². The average Bonchev–Trinajstić information content (AvgIpc) is 3.35. The number of para-hydroxylation sites is 1. The predicted octanol–water partition coefficient (Wildman–Crippen LogP) is 4.46. The molecule has 0 aromatic heterocycles. The van der Waals surface area contributed by atoms with Crippen molar-refractivity contribution >= 4 is 17.7 Å². The summed E-state index contributed by atoms with van der Waals surface area (Å²) in [5.41, 5.74) is 7.36. The van der Waals surface area contributed by atoms with Crippen molar-refractivity contribution < 1.29 is 14.3 Å². The molecule has 0 atom stereocenters. The number of carbonyl (C=O) groups excluding carboxylic acids is 2. The van der Waals surface area contributed by atoms with Crippen molar-refractivity contribution in [2.45, 2.75) is 18.8 Å². The molecular formula is C27H22N2O3. The van der Waals surface area contributed by atoms with Crippen molar-refractivity contribution in [3.63, 3.8) is 0 Å². The third-order valence-corrected chi connectivity index (χ3v) is 5.85. The Hall–Kier alpha value is -4.04. The summed E-state index contributed by atoms with van der Waals surface area (Å²) in [6, 6.07) is 22.2. The Morgan fingerprint density at radius 1 is 1.00 bits per heavy atom. The lowest BCUT2D eigenvalue weighted by atomic mass is 9.98. The van der Waals surface area contributed by atoms with E-state index in [-0.39, 0.29) is 11.8 Å². The van der Waals surface area contributed by atoms with Crippen LogP contribution in [0.4, 0.5) is 10.5 Å². The number of anilines is 1. The van der Waals surface area contributed by atoms with Crippen LogP contribution < -0.4 is 10.6 Å². The highest BCUT2D eigenvalue weighted by molar-refractivity contribution is 6.00.